The zero-order valence-electron chi connectivity index (χ0n) is 8.16. The number of rotatable bonds is 2. The van der Waals surface area contributed by atoms with Crippen molar-refractivity contribution in [2.75, 3.05) is 18.6 Å². The van der Waals surface area contributed by atoms with Gasteiger partial charge in [0.25, 0.3) is 0 Å². The molecule has 1 aliphatic rings. The molecule has 76 valence electrons. The Kier molecular flexibility index (Phi) is 4.54. The van der Waals surface area contributed by atoms with Gasteiger partial charge in [0.05, 0.1) is 7.11 Å². The quantitative estimate of drug-likeness (QED) is 0.396. The summed E-state index contributed by atoms with van der Waals surface area (Å²) in [5.41, 5.74) is 0.139. The van der Waals surface area contributed by atoms with Crippen LogP contribution < -0.4 is 0 Å². The van der Waals surface area contributed by atoms with Crippen molar-refractivity contribution in [3.8, 4) is 6.07 Å². The molecule has 3 nitrogen and oxygen atoms in total. The molecule has 0 amide bonds. The molecular formula is C10H13NO2S. The first-order chi connectivity index (χ1) is 6.77. The number of allylic oxidation sites excluding steroid dienone is 1. The van der Waals surface area contributed by atoms with Gasteiger partial charge < -0.3 is 4.74 Å². The first kappa shape index (κ1) is 11.1. The molecule has 1 heterocycles. The maximum absolute atomic E-state index is 11.1. The van der Waals surface area contributed by atoms with Crippen molar-refractivity contribution >= 4 is 17.7 Å². The number of nitriles is 1. The lowest BCUT2D eigenvalue weighted by Gasteiger charge is -2.17. The maximum atomic E-state index is 11.1. The van der Waals surface area contributed by atoms with Crippen LogP contribution >= 0.6 is 11.8 Å². The third-order valence-corrected chi connectivity index (χ3v) is 3.36. The van der Waals surface area contributed by atoms with E-state index in [-0.39, 0.29) is 5.57 Å². The van der Waals surface area contributed by atoms with Gasteiger partial charge in [-0.1, -0.05) is 6.08 Å². The van der Waals surface area contributed by atoms with Crippen molar-refractivity contribution in [1.82, 2.24) is 0 Å². The predicted octanol–water partition coefficient (Wildman–Crippen LogP) is 1.75. The van der Waals surface area contributed by atoms with Crippen LogP contribution in [-0.2, 0) is 9.53 Å². The number of hydrogen-bond acceptors (Lipinski definition) is 4. The van der Waals surface area contributed by atoms with E-state index in [1.807, 2.05) is 17.8 Å². The van der Waals surface area contributed by atoms with Gasteiger partial charge in [-0.3, -0.25) is 0 Å². The van der Waals surface area contributed by atoms with Crippen molar-refractivity contribution in [2.45, 2.75) is 12.8 Å². The van der Waals surface area contributed by atoms with Crippen LogP contribution in [0, 0.1) is 17.2 Å². The van der Waals surface area contributed by atoms with Crippen LogP contribution in [0.15, 0.2) is 11.6 Å². The summed E-state index contributed by atoms with van der Waals surface area (Å²) in [6, 6.07) is 1.88. The first-order valence-electron chi connectivity index (χ1n) is 4.56. The molecule has 1 saturated heterocycles. The molecule has 0 N–H and O–H groups in total. The van der Waals surface area contributed by atoms with Gasteiger partial charge in [0.2, 0.25) is 0 Å². The third kappa shape index (κ3) is 3.08. The van der Waals surface area contributed by atoms with Crippen LogP contribution in [0.4, 0.5) is 0 Å². The Morgan fingerprint density at radius 3 is 3.00 bits per heavy atom. The number of methoxy groups -OCH3 is 1. The number of carbonyl (C=O) groups is 1. The molecular weight excluding hydrogens is 198 g/mol. The number of hydrogen-bond donors (Lipinski definition) is 0. The minimum absolute atomic E-state index is 0.139. The van der Waals surface area contributed by atoms with Gasteiger partial charge in [0.1, 0.15) is 11.6 Å². The van der Waals surface area contributed by atoms with Crippen LogP contribution in [0.1, 0.15) is 12.8 Å². The van der Waals surface area contributed by atoms with Crippen molar-refractivity contribution in [2.24, 2.45) is 5.92 Å². The summed E-state index contributed by atoms with van der Waals surface area (Å²) in [5, 5.41) is 8.73. The average Bonchev–Trinajstić information content (AvgIpc) is 2.26. The molecule has 1 aliphatic heterocycles. The van der Waals surface area contributed by atoms with E-state index >= 15 is 0 Å². The Morgan fingerprint density at radius 2 is 2.50 bits per heavy atom. The summed E-state index contributed by atoms with van der Waals surface area (Å²) >= 11 is 1.87. The van der Waals surface area contributed by atoms with E-state index in [9.17, 15) is 4.79 Å². The number of nitrogens with zero attached hydrogens (tertiary/aromatic N) is 1. The summed E-state index contributed by atoms with van der Waals surface area (Å²) in [4.78, 5) is 11.1. The summed E-state index contributed by atoms with van der Waals surface area (Å²) in [6.07, 6.45) is 3.97. The van der Waals surface area contributed by atoms with Gasteiger partial charge in [-0.15, -0.1) is 0 Å². The molecule has 0 aromatic heterocycles. The molecule has 1 rings (SSSR count). The highest BCUT2D eigenvalue weighted by atomic mass is 32.2. The Labute approximate surface area is 88.1 Å². The van der Waals surface area contributed by atoms with E-state index in [0.717, 1.165) is 18.6 Å². The highest BCUT2D eigenvalue weighted by Crippen LogP contribution is 2.24. The zero-order valence-corrected chi connectivity index (χ0v) is 8.97. The standard InChI is InChI=1S/C10H13NO2S/c1-13-10(12)9(6-11)5-8-3-2-4-14-7-8/h5,8H,2-4,7H2,1H3/b9-5-. The van der Waals surface area contributed by atoms with E-state index in [1.54, 1.807) is 6.08 Å². The lowest BCUT2D eigenvalue weighted by molar-refractivity contribution is -0.135. The van der Waals surface area contributed by atoms with Crippen molar-refractivity contribution in [3.05, 3.63) is 11.6 Å². The fourth-order valence-corrected chi connectivity index (χ4v) is 2.50. The van der Waals surface area contributed by atoms with Crippen LogP contribution in [0.25, 0.3) is 0 Å². The average molecular weight is 211 g/mol. The minimum atomic E-state index is -0.525. The summed E-state index contributed by atoms with van der Waals surface area (Å²) in [6.45, 7) is 0. The second-order valence-corrected chi connectivity index (χ2v) is 4.31. The van der Waals surface area contributed by atoms with Crippen LogP contribution in [0.5, 0.6) is 0 Å². The largest absolute Gasteiger partial charge is 0.465 e. The number of esters is 1. The van der Waals surface area contributed by atoms with E-state index in [4.69, 9.17) is 5.26 Å². The van der Waals surface area contributed by atoms with Gasteiger partial charge in [0, 0.05) is 0 Å². The third-order valence-electron chi connectivity index (χ3n) is 2.12. The van der Waals surface area contributed by atoms with E-state index in [2.05, 4.69) is 4.74 Å². The Morgan fingerprint density at radius 1 is 1.71 bits per heavy atom. The normalized spacial score (nSPS) is 22.6. The van der Waals surface area contributed by atoms with Crippen molar-refractivity contribution < 1.29 is 9.53 Å². The molecule has 0 radical (unpaired) electrons. The predicted molar refractivity (Wildman–Crippen MR) is 55.8 cm³/mol. The van der Waals surface area contributed by atoms with Gasteiger partial charge in [-0.2, -0.15) is 17.0 Å². The minimum Gasteiger partial charge on any atom is -0.465 e. The molecule has 0 aliphatic carbocycles. The monoisotopic (exact) mass is 211 g/mol. The Hall–Kier alpha value is -0.950. The lowest BCUT2D eigenvalue weighted by Crippen LogP contribution is -2.11. The summed E-state index contributed by atoms with van der Waals surface area (Å²) in [7, 11) is 1.29. The van der Waals surface area contributed by atoms with Gasteiger partial charge in [0.15, 0.2) is 0 Å². The van der Waals surface area contributed by atoms with Gasteiger partial charge in [-0.05, 0) is 30.3 Å². The highest BCUT2D eigenvalue weighted by molar-refractivity contribution is 7.99. The van der Waals surface area contributed by atoms with Crippen molar-refractivity contribution in [3.63, 3.8) is 0 Å². The molecule has 0 aromatic carbocycles. The number of ether oxygens (including phenoxy) is 1. The molecule has 0 spiro atoms. The SMILES string of the molecule is COC(=O)/C(C#N)=C\C1CCCSC1. The lowest BCUT2D eigenvalue weighted by atomic mass is 10.0. The summed E-state index contributed by atoms with van der Waals surface area (Å²) in [5.74, 6) is 2.01. The molecule has 1 atom stereocenters. The summed E-state index contributed by atoms with van der Waals surface area (Å²) < 4.78 is 4.51. The van der Waals surface area contributed by atoms with Gasteiger partial charge >= 0.3 is 5.97 Å². The van der Waals surface area contributed by atoms with Crippen LogP contribution in [-0.4, -0.2) is 24.6 Å². The van der Waals surface area contributed by atoms with Crippen LogP contribution in [0.2, 0.25) is 0 Å². The van der Waals surface area contributed by atoms with Crippen LogP contribution in [0.3, 0.4) is 0 Å². The molecule has 0 saturated carbocycles. The second kappa shape index (κ2) is 5.71. The Bertz CT molecular complexity index is 274. The zero-order chi connectivity index (χ0) is 10.4. The molecule has 0 aromatic rings. The second-order valence-electron chi connectivity index (χ2n) is 3.16. The molecule has 14 heavy (non-hydrogen) atoms. The molecule has 0 bridgehead atoms. The van der Waals surface area contributed by atoms with Crippen molar-refractivity contribution in [1.29, 1.82) is 5.26 Å². The van der Waals surface area contributed by atoms with E-state index < -0.39 is 5.97 Å². The number of carbonyl (C=O) groups excluding carboxylic acids is 1. The fourth-order valence-electron chi connectivity index (χ4n) is 1.39. The Balaban J connectivity index is 2.63. The molecule has 4 heteroatoms. The smallest absolute Gasteiger partial charge is 0.348 e. The van der Waals surface area contributed by atoms with E-state index in [0.29, 0.717) is 5.92 Å². The van der Waals surface area contributed by atoms with Gasteiger partial charge in [-0.25, -0.2) is 4.79 Å². The first-order valence-corrected chi connectivity index (χ1v) is 5.71. The molecule has 1 unspecified atom stereocenters. The fraction of sp³-hybridized carbons (Fsp3) is 0.600. The topological polar surface area (TPSA) is 50.1 Å². The maximum Gasteiger partial charge on any atom is 0.348 e. The van der Waals surface area contributed by atoms with E-state index in [1.165, 1.54) is 12.9 Å². The molecule has 1 fully saturated rings. The number of thioether (sulfide) groups is 1. The highest BCUT2D eigenvalue weighted by Gasteiger charge is 2.15.